The number of nitrogens with zero attached hydrogens (tertiary/aromatic N) is 1. The summed E-state index contributed by atoms with van der Waals surface area (Å²) < 4.78 is 0. The first-order chi connectivity index (χ1) is 6.96. The van der Waals surface area contributed by atoms with Crippen molar-refractivity contribution in [2.24, 2.45) is 10.4 Å². The second-order valence-corrected chi connectivity index (χ2v) is 5.66. The Hall–Kier alpha value is -1.11. The maximum absolute atomic E-state index is 4.71. The van der Waals surface area contributed by atoms with Gasteiger partial charge in [-0.05, 0) is 36.0 Å². The summed E-state index contributed by atoms with van der Waals surface area (Å²) in [4.78, 5) is 4.71. The molecule has 0 aliphatic carbocycles. The topological polar surface area (TPSA) is 12.4 Å². The molecule has 0 saturated heterocycles. The van der Waals surface area contributed by atoms with Crippen LogP contribution in [0.15, 0.2) is 23.2 Å². The molecule has 0 aromatic heterocycles. The third kappa shape index (κ3) is 2.28. The smallest absolute Gasteiger partial charge is 0.0667 e. The van der Waals surface area contributed by atoms with Gasteiger partial charge in [0.05, 0.1) is 5.69 Å². The molecule has 1 aromatic rings. The summed E-state index contributed by atoms with van der Waals surface area (Å²) in [6.07, 6.45) is 2.15. The van der Waals surface area contributed by atoms with Gasteiger partial charge in [0.2, 0.25) is 0 Å². The van der Waals surface area contributed by atoms with Crippen molar-refractivity contribution in [3.8, 4) is 0 Å². The lowest BCUT2D eigenvalue weighted by atomic mass is 9.88. The summed E-state index contributed by atoms with van der Waals surface area (Å²) in [5.74, 6) is 0. The second-order valence-electron chi connectivity index (χ2n) is 5.66. The number of rotatable bonds is 1. The van der Waals surface area contributed by atoms with Crippen LogP contribution < -0.4 is 0 Å². The van der Waals surface area contributed by atoms with Gasteiger partial charge in [-0.15, -0.1) is 0 Å². The van der Waals surface area contributed by atoms with Crippen molar-refractivity contribution in [2.45, 2.75) is 40.5 Å². The zero-order valence-corrected chi connectivity index (χ0v) is 10.1. The molecule has 1 aromatic carbocycles. The molecular weight excluding hydrogens is 182 g/mol. The van der Waals surface area contributed by atoms with Gasteiger partial charge in [0.25, 0.3) is 0 Å². The molecular formula is C14H19N. The minimum atomic E-state index is 0.342. The maximum atomic E-state index is 4.71. The van der Waals surface area contributed by atoms with Crippen LogP contribution in [0.3, 0.4) is 0 Å². The lowest BCUT2D eigenvalue weighted by molar-refractivity contribution is 0.432. The number of fused-ring (bicyclic) bond motifs is 1. The van der Waals surface area contributed by atoms with Crippen LogP contribution in [0.1, 0.15) is 38.3 Å². The van der Waals surface area contributed by atoms with Crippen molar-refractivity contribution in [1.29, 1.82) is 0 Å². The molecule has 0 spiro atoms. The van der Waals surface area contributed by atoms with Gasteiger partial charge in [0.15, 0.2) is 0 Å². The molecule has 0 radical (unpaired) electrons. The molecule has 15 heavy (non-hydrogen) atoms. The fourth-order valence-corrected chi connectivity index (χ4v) is 2.15. The number of hydrogen-bond acceptors (Lipinski definition) is 1. The molecule has 1 heteroatoms. The van der Waals surface area contributed by atoms with Crippen LogP contribution in [0, 0.1) is 12.3 Å². The van der Waals surface area contributed by atoms with Crippen LogP contribution in [-0.2, 0) is 6.42 Å². The molecule has 0 atom stereocenters. The van der Waals surface area contributed by atoms with E-state index in [-0.39, 0.29) is 0 Å². The summed E-state index contributed by atoms with van der Waals surface area (Å²) in [6.45, 7) is 8.98. The van der Waals surface area contributed by atoms with E-state index < -0.39 is 0 Å². The van der Waals surface area contributed by atoms with Crippen molar-refractivity contribution in [1.82, 2.24) is 0 Å². The number of hydrogen-bond donors (Lipinski definition) is 0. The van der Waals surface area contributed by atoms with Crippen LogP contribution in [0.5, 0.6) is 0 Å². The maximum Gasteiger partial charge on any atom is 0.0667 e. The summed E-state index contributed by atoms with van der Waals surface area (Å²) in [6, 6.07) is 6.39. The van der Waals surface area contributed by atoms with Crippen LogP contribution in [0.2, 0.25) is 0 Å². The minimum absolute atomic E-state index is 0.342. The predicted octanol–water partition coefficient (Wildman–Crippen LogP) is 4.06. The Balaban J connectivity index is 2.22. The standard InChI is InChI=1S/C14H19N/c1-10-6-5-7-13-12(10)8-11(15-13)9-14(2,3)4/h5-7H,8-9H2,1-4H3. The first kappa shape index (κ1) is 10.4. The molecule has 1 aliphatic heterocycles. The Kier molecular flexibility index (Phi) is 2.41. The summed E-state index contributed by atoms with van der Waals surface area (Å²) in [5, 5.41) is 0. The first-order valence-electron chi connectivity index (χ1n) is 5.61. The fraction of sp³-hybridized carbons (Fsp3) is 0.500. The highest BCUT2D eigenvalue weighted by molar-refractivity contribution is 5.94. The second kappa shape index (κ2) is 3.48. The highest BCUT2D eigenvalue weighted by atomic mass is 14.8. The zero-order valence-electron chi connectivity index (χ0n) is 10.1. The molecule has 2 rings (SSSR count). The van der Waals surface area contributed by atoms with Crippen molar-refractivity contribution in [3.05, 3.63) is 29.3 Å². The van der Waals surface area contributed by atoms with Crippen molar-refractivity contribution in [3.63, 3.8) is 0 Å². The first-order valence-corrected chi connectivity index (χ1v) is 5.61. The average molecular weight is 201 g/mol. The van der Waals surface area contributed by atoms with E-state index in [1.807, 2.05) is 0 Å². The van der Waals surface area contributed by atoms with Gasteiger partial charge < -0.3 is 0 Å². The predicted molar refractivity (Wildman–Crippen MR) is 66.1 cm³/mol. The molecule has 1 nitrogen and oxygen atoms in total. The van der Waals surface area contributed by atoms with Crippen molar-refractivity contribution < 1.29 is 0 Å². The Morgan fingerprint density at radius 3 is 2.60 bits per heavy atom. The van der Waals surface area contributed by atoms with Gasteiger partial charge in [0.1, 0.15) is 0 Å². The quantitative estimate of drug-likeness (QED) is 0.649. The Morgan fingerprint density at radius 2 is 2.00 bits per heavy atom. The van der Waals surface area contributed by atoms with Gasteiger partial charge in [-0.1, -0.05) is 32.9 Å². The van der Waals surface area contributed by atoms with Gasteiger partial charge in [-0.25, -0.2) is 0 Å². The van der Waals surface area contributed by atoms with Crippen molar-refractivity contribution >= 4 is 11.4 Å². The molecule has 0 N–H and O–H groups in total. The molecule has 0 fully saturated rings. The van der Waals surface area contributed by atoms with Crippen LogP contribution in [0.25, 0.3) is 0 Å². The largest absolute Gasteiger partial charge is 0.257 e. The SMILES string of the molecule is Cc1cccc2c1CC(CC(C)(C)C)=N2. The van der Waals surface area contributed by atoms with Gasteiger partial charge in [0, 0.05) is 12.1 Å². The van der Waals surface area contributed by atoms with Gasteiger partial charge in [-0.3, -0.25) is 4.99 Å². The Bertz CT molecular complexity index is 408. The minimum Gasteiger partial charge on any atom is -0.257 e. The van der Waals surface area contributed by atoms with Crippen LogP contribution >= 0.6 is 0 Å². The molecule has 1 heterocycles. The summed E-state index contributed by atoms with van der Waals surface area (Å²) in [7, 11) is 0. The molecule has 0 unspecified atom stereocenters. The third-order valence-electron chi connectivity index (χ3n) is 2.78. The molecule has 0 bridgehead atoms. The van der Waals surface area contributed by atoms with E-state index >= 15 is 0 Å². The zero-order chi connectivity index (χ0) is 11.1. The molecule has 1 aliphatic rings. The average Bonchev–Trinajstić information content (AvgIpc) is 2.45. The highest BCUT2D eigenvalue weighted by Gasteiger charge is 2.20. The fourth-order valence-electron chi connectivity index (χ4n) is 2.15. The lowest BCUT2D eigenvalue weighted by Gasteiger charge is -2.17. The number of aryl methyl sites for hydroxylation is 1. The highest BCUT2D eigenvalue weighted by Crippen LogP contribution is 2.32. The van der Waals surface area contributed by atoms with Gasteiger partial charge in [-0.2, -0.15) is 0 Å². The number of benzene rings is 1. The van der Waals surface area contributed by atoms with Gasteiger partial charge >= 0.3 is 0 Å². The van der Waals surface area contributed by atoms with Crippen molar-refractivity contribution in [2.75, 3.05) is 0 Å². The van der Waals surface area contributed by atoms with E-state index in [0.29, 0.717) is 5.41 Å². The van der Waals surface area contributed by atoms with E-state index in [1.54, 1.807) is 0 Å². The van der Waals surface area contributed by atoms with E-state index in [9.17, 15) is 0 Å². The Labute approximate surface area is 92.2 Å². The summed E-state index contributed by atoms with van der Waals surface area (Å²) >= 11 is 0. The van der Waals surface area contributed by atoms with Crippen LogP contribution in [-0.4, -0.2) is 5.71 Å². The van der Waals surface area contributed by atoms with E-state index in [4.69, 9.17) is 4.99 Å². The third-order valence-corrected chi connectivity index (χ3v) is 2.78. The normalized spacial score (nSPS) is 15.1. The number of aliphatic imine (C=N–C) groups is 1. The monoisotopic (exact) mass is 201 g/mol. The molecule has 0 saturated carbocycles. The van der Waals surface area contributed by atoms with E-state index in [1.165, 1.54) is 22.5 Å². The lowest BCUT2D eigenvalue weighted by Crippen LogP contribution is -2.12. The molecule has 80 valence electrons. The van der Waals surface area contributed by atoms with E-state index in [2.05, 4.69) is 45.9 Å². The Morgan fingerprint density at radius 1 is 1.27 bits per heavy atom. The summed E-state index contributed by atoms with van der Waals surface area (Å²) in [5.41, 5.74) is 5.67. The molecule has 0 amide bonds. The van der Waals surface area contributed by atoms with E-state index in [0.717, 1.165) is 12.8 Å². The van der Waals surface area contributed by atoms with Crippen LogP contribution in [0.4, 0.5) is 5.69 Å².